The van der Waals surface area contributed by atoms with Crippen LogP contribution in [0.4, 0.5) is 0 Å². The normalized spacial score (nSPS) is 13.4. The molecule has 0 radical (unpaired) electrons. The van der Waals surface area contributed by atoms with Gasteiger partial charge in [-0.2, -0.15) is 0 Å². The summed E-state index contributed by atoms with van der Waals surface area (Å²) in [6.45, 7) is 8.99. The Morgan fingerprint density at radius 2 is 1.86 bits per heavy atom. The van der Waals surface area contributed by atoms with Crippen molar-refractivity contribution in [2.45, 2.75) is 45.6 Å². The summed E-state index contributed by atoms with van der Waals surface area (Å²) < 4.78 is 1.22. The maximum absolute atomic E-state index is 3.62. The van der Waals surface area contributed by atoms with E-state index in [4.69, 9.17) is 0 Å². The van der Waals surface area contributed by atoms with Crippen LogP contribution in [-0.2, 0) is 5.41 Å². The van der Waals surface area contributed by atoms with E-state index in [1.807, 2.05) is 18.4 Å². The third-order valence-corrected chi connectivity index (χ3v) is 6.56. The first-order valence-electron chi connectivity index (χ1n) is 7.42. The van der Waals surface area contributed by atoms with E-state index in [0.29, 0.717) is 0 Å². The molecule has 3 heteroatoms. The van der Waals surface area contributed by atoms with E-state index >= 15 is 0 Å². The summed E-state index contributed by atoms with van der Waals surface area (Å²) in [5.41, 5.74) is 4.28. The molecule has 0 aliphatic rings. The zero-order chi connectivity index (χ0) is 15.6. The molecule has 0 amide bonds. The Morgan fingerprint density at radius 3 is 2.29 bits per heavy atom. The summed E-state index contributed by atoms with van der Waals surface area (Å²) in [5.74, 6) is 0. The Bertz CT molecular complexity index is 579. The van der Waals surface area contributed by atoms with Crippen molar-refractivity contribution in [3.05, 3.63) is 55.7 Å². The Balaban J connectivity index is 2.31. The van der Waals surface area contributed by atoms with Gasteiger partial charge in [-0.1, -0.05) is 45.0 Å². The lowest BCUT2D eigenvalue weighted by molar-refractivity contribution is 0.506. The largest absolute Gasteiger partial charge is 0.309 e. The molecule has 1 aromatic carbocycles. The van der Waals surface area contributed by atoms with Crippen LogP contribution in [0, 0.1) is 6.92 Å². The Morgan fingerprint density at radius 1 is 1.24 bits per heavy atom. The van der Waals surface area contributed by atoms with Crippen LogP contribution in [-0.4, -0.2) is 7.05 Å². The highest BCUT2D eigenvalue weighted by atomic mass is 79.9. The average molecular weight is 366 g/mol. The van der Waals surface area contributed by atoms with Gasteiger partial charge in [-0.25, -0.2) is 0 Å². The molecule has 0 spiro atoms. The van der Waals surface area contributed by atoms with Gasteiger partial charge in [-0.3, -0.25) is 0 Å². The second-order valence-corrected chi connectivity index (χ2v) is 8.59. The summed E-state index contributed by atoms with van der Waals surface area (Å²) in [5, 5.41) is 3.44. The van der Waals surface area contributed by atoms with E-state index in [1.165, 1.54) is 25.4 Å². The van der Waals surface area contributed by atoms with Gasteiger partial charge >= 0.3 is 0 Å². The molecule has 2 aromatic rings. The molecule has 0 bridgehead atoms. The predicted molar refractivity (Wildman–Crippen MR) is 97.4 cm³/mol. The standard InChI is InChI=1S/C18H24BrNS/c1-6-18(3,4)14-9-7-13(8-10-14)16(20-5)15-11-12(2)17(19)21-15/h7-11,16,20H,6H2,1-5H3. The molecule has 0 aliphatic carbocycles. The van der Waals surface area contributed by atoms with Crippen molar-refractivity contribution in [3.63, 3.8) is 0 Å². The van der Waals surface area contributed by atoms with Gasteiger partial charge in [-0.05, 0) is 64.5 Å². The monoisotopic (exact) mass is 365 g/mol. The van der Waals surface area contributed by atoms with Crippen LogP contribution >= 0.6 is 27.3 Å². The lowest BCUT2D eigenvalue weighted by Gasteiger charge is -2.24. The molecule has 1 heterocycles. The highest BCUT2D eigenvalue weighted by Crippen LogP contribution is 2.35. The van der Waals surface area contributed by atoms with Crippen molar-refractivity contribution in [1.82, 2.24) is 5.32 Å². The van der Waals surface area contributed by atoms with Crippen LogP contribution < -0.4 is 5.32 Å². The van der Waals surface area contributed by atoms with Crippen molar-refractivity contribution >= 4 is 27.3 Å². The van der Waals surface area contributed by atoms with Gasteiger partial charge in [0, 0.05) is 4.88 Å². The zero-order valence-corrected chi connectivity index (χ0v) is 15.9. The minimum absolute atomic E-state index is 0.246. The SMILES string of the molecule is CCC(C)(C)c1ccc(C(NC)c2cc(C)c(Br)s2)cc1. The van der Waals surface area contributed by atoms with Gasteiger partial charge in [-0.15, -0.1) is 11.3 Å². The first kappa shape index (κ1) is 16.7. The molecule has 114 valence electrons. The summed E-state index contributed by atoms with van der Waals surface area (Å²) in [6, 6.07) is 11.6. The maximum atomic E-state index is 3.62. The minimum atomic E-state index is 0.246. The Kier molecular flexibility index (Phi) is 5.29. The quantitative estimate of drug-likeness (QED) is 0.704. The van der Waals surface area contributed by atoms with E-state index in [2.05, 4.69) is 79.3 Å². The third-order valence-electron chi connectivity index (χ3n) is 4.36. The van der Waals surface area contributed by atoms with E-state index in [-0.39, 0.29) is 11.5 Å². The van der Waals surface area contributed by atoms with Gasteiger partial charge in [0.1, 0.15) is 0 Å². The topological polar surface area (TPSA) is 12.0 Å². The molecule has 1 atom stereocenters. The van der Waals surface area contributed by atoms with E-state index in [0.717, 1.165) is 6.42 Å². The molecule has 1 nitrogen and oxygen atoms in total. The van der Waals surface area contributed by atoms with Crippen LogP contribution in [0.15, 0.2) is 34.1 Å². The van der Waals surface area contributed by atoms with Crippen molar-refractivity contribution in [2.75, 3.05) is 7.05 Å². The fourth-order valence-corrected chi connectivity index (χ4v) is 4.14. The number of rotatable bonds is 5. The first-order chi connectivity index (χ1) is 9.89. The van der Waals surface area contributed by atoms with E-state index < -0.39 is 0 Å². The van der Waals surface area contributed by atoms with Gasteiger partial charge in [0.25, 0.3) is 0 Å². The van der Waals surface area contributed by atoms with Crippen LogP contribution in [0.5, 0.6) is 0 Å². The fraction of sp³-hybridized carbons (Fsp3) is 0.444. The highest BCUT2D eigenvalue weighted by Gasteiger charge is 2.20. The van der Waals surface area contributed by atoms with Gasteiger partial charge in [0.15, 0.2) is 0 Å². The Labute approximate surface area is 140 Å². The van der Waals surface area contributed by atoms with Crippen molar-refractivity contribution < 1.29 is 0 Å². The fourth-order valence-electron chi connectivity index (χ4n) is 2.43. The second-order valence-electron chi connectivity index (χ2n) is 6.19. The number of hydrogen-bond acceptors (Lipinski definition) is 2. The lowest BCUT2D eigenvalue weighted by atomic mass is 9.82. The first-order valence-corrected chi connectivity index (χ1v) is 9.03. The number of hydrogen-bond donors (Lipinski definition) is 1. The molecular formula is C18H24BrNS. The molecule has 0 saturated carbocycles. The summed E-state index contributed by atoms with van der Waals surface area (Å²) in [6.07, 6.45) is 1.15. The summed E-state index contributed by atoms with van der Waals surface area (Å²) >= 11 is 5.43. The minimum Gasteiger partial charge on any atom is -0.309 e. The number of aryl methyl sites for hydroxylation is 1. The maximum Gasteiger partial charge on any atom is 0.0731 e. The van der Waals surface area contributed by atoms with Crippen LogP contribution in [0.2, 0.25) is 0 Å². The summed E-state index contributed by atoms with van der Waals surface area (Å²) in [7, 11) is 2.03. The molecule has 1 aromatic heterocycles. The molecule has 0 aliphatic heterocycles. The molecule has 2 rings (SSSR count). The van der Waals surface area contributed by atoms with Gasteiger partial charge in [0.05, 0.1) is 9.83 Å². The molecular weight excluding hydrogens is 342 g/mol. The van der Waals surface area contributed by atoms with Crippen molar-refractivity contribution in [3.8, 4) is 0 Å². The molecule has 1 N–H and O–H groups in total. The van der Waals surface area contributed by atoms with Gasteiger partial charge < -0.3 is 5.32 Å². The van der Waals surface area contributed by atoms with Crippen LogP contribution in [0.1, 0.15) is 54.8 Å². The van der Waals surface area contributed by atoms with E-state index in [9.17, 15) is 0 Å². The van der Waals surface area contributed by atoms with Gasteiger partial charge in [0.2, 0.25) is 0 Å². The summed E-state index contributed by atoms with van der Waals surface area (Å²) in [4.78, 5) is 1.35. The molecule has 21 heavy (non-hydrogen) atoms. The van der Waals surface area contributed by atoms with Crippen LogP contribution in [0.3, 0.4) is 0 Å². The van der Waals surface area contributed by atoms with Crippen LogP contribution in [0.25, 0.3) is 0 Å². The van der Waals surface area contributed by atoms with Crippen molar-refractivity contribution in [1.29, 1.82) is 0 Å². The average Bonchev–Trinajstić information content (AvgIpc) is 2.80. The van der Waals surface area contributed by atoms with E-state index in [1.54, 1.807) is 0 Å². The predicted octanol–water partition coefficient (Wildman–Crippen LogP) is 5.82. The molecule has 1 unspecified atom stereocenters. The third kappa shape index (κ3) is 3.58. The Hall–Kier alpha value is -0.640. The molecule has 0 saturated heterocycles. The second kappa shape index (κ2) is 6.64. The van der Waals surface area contributed by atoms with Crippen molar-refractivity contribution in [2.24, 2.45) is 0 Å². The highest BCUT2D eigenvalue weighted by molar-refractivity contribution is 9.11. The smallest absolute Gasteiger partial charge is 0.0731 e. The number of thiophene rings is 1. The number of benzene rings is 1. The number of halogens is 1. The number of nitrogens with one attached hydrogen (secondary N) is 1. The lowest BCUT2D eigenvalue weighted by Crippen LogP contribution is -2.18. The molecule has 0 fully saturated rings. The zero-order valence-electron chi connectivity index (χ0n) is 13.5.